The van der Waals surface area contributed by atoms with E-state index in [1.807, 2.05) is 6.92 Å². The zero-order valence-electron chi connectivity index (χ0n) is 13.9. The lowest BCUT2D eigenvalue weighted by Gasteiger charge is -2.30. The monoisotopic (exact) mass is 409 g/mol. The molecule has 0 spiro atoms. The van der Waals surface area contributed by atoms with E-state index in [1.165, 1.54) is 0 Å². The summed E-state index contributed by atoms with van der Waals surface area (Å²) in [5.41, 5.74) is 12.1. The third kappa shape index (κ3) is 3.67. The first-order chi connectivity index (χ1) is 11.9. The highest BCUT2D eigenvalue weighted by Gasteiger charge is 2.26. The Hall–Kier alpha value is -2.00. The summed E-state index contributed by atoms with van der Waals surface area (Å²) in [4.78, 5) is 32.1. The molecule has 2 heterocycles. The van der Waals surface area contributed by atoms with E-state index in [0.29, 0.717) is 10.1 Å². The average molecular weight is 410 g/mol. The van der Waals surface area contributed by atoms with Crippen molar-refractivity contribution in [3.63, 3.8) is 0 Å². The van der Waals surface area contributed by atoms with E-state index in [0.717, 1.165) is 36.8 Å². The van der Waals surface area contributed by atoms with Crippen LogP contribution in [0.4, 0.5) is 5.95 Å². The predicted octanol–water partition coefficient (Wildman–Crippen LogP) is 1.43. The number of carbonyl (C=O) groups is 1. The molecule has 1 amide bonds. The molecule has 3 rings (SSSR count). The second-order valence-corrected chi connectivity index (χ2v) is 7.13. The summed E-state index contributed by atoms with van der Waals surface area (Å²) in [7, 11) is 0. The highest BCUT2D eigenvalue weighted by molar-refractivity contribution is 9.10. The molecule has 8 nitrogen and oxygen atoms in total. The maximum absolute atomic E-state index is 12.7. The highest BCUT2D eigenvalue weighted by Crippen LogP contribution is 2.32. The van der Waals surface area contributed by atoms with Crippen LogP contribution in [0, 0.1) is 6.92 Å². The van der Waals surface area contributed by atoms with Crippen molar-refractivity contribution in [1.29, 1.82) is 0 Å². The number of anilines is 1. The van der Waals surface area contributed by atoms with Gasteiger partial charge in [-0.3, -0.25) is 14.2 Å². The normalized spacial score (nSPS) is 20.7. The van der Waals surface area contributed by atoms with E-state index in [9.17, 15) is 9.59 Å². The minimum atomic E-state index is -0.473. The van der Waals surface area contributed by atoms with E-state index in [-0.39, 0.29) is 30.3 Å². The maximum atomic E-state index is 12.7. The van der Waals surface area contributed by atoms with Crippen LogP contribution in [0.25, 0.3) is 11.0 Å². The lowest BCUT2D eigenvalue weighted by Crippen LogP contribution is -2.32. The highest BCUT2D eigenvalue weighted by atomic mass is 79.9. The molecule has 134 valence electrons. The Bertz CT molecular complexity index is 874. The first kappa shape index (κ1) is 17.8. The second kappa shape index (κ2) is 7.09. The molecule has 1 aliphatic rings. The van der Waals surface area contributed by atoms with Crippen LogP contribution >= 0.6 is 15.9 Å². The van der Waals surface area contributed by atoms with Crippen LogP contribution in [0.2, 0.25) is 0 Å². The van der Waals surface area contributed by atoms with Gasteiger partial charge >= 0.3 is 0 Å². The molecule has 2 aromatic heterocycles. The number of aryl methyl sites for hydroxylation is 1. The topological polar surface area (TPSA) is 126 Å². The van der Waals surface area contributed by atoms with Crippen LogP contribution in [0.3, 0.4) is 0 Å². The van der Waals surface area contributed by atoms with Crippen molar-refractivity contribution in [2.24, 2.45) is 5.73 Å². The average Bonchev–Trinajstić information content (AvgIpc) is 2.56. The van der Waals surface area contributed by atoms with Crippen molar-refractivity contribution in [1.82, 2.24) is 14.5 Å². The molecule has 25 heavy (non-hydrogen) atoms. The van der Waals surface area contributed by atoms with E-state index in [1.54, 1.807) is 10.6 Å². The quantitative estimate of drug-likeness (QED) is 0.785. The second-order valence-electron chi connectivity index (χ2n) is 6.28. The standard InChI is InChI=1S/C16H20BrN5O3/c1-8-11-6-12(17)15(24)22(14(11)21-16(19)20-8)9-2-4-10(5-3-9)25-7-13(18)23/h6,9-10H,2-5,7H2,1H3,(H2,18,23)(H2,19,20,21). The number of carbonyl (C=O) groups excluding carboxylic acids is 1. The number of primary amides is 1. The van der Waals surface area contributed by atoms with Gasteiger partial charge in [-0.15, -0.1) is 0 Å². The van der Waals surface area contributed by atoms with Crippen molar-refractivity contribution in [2.45, 2.75) is 44.8 Å². The molecule has 1 saturated carbocycles. The summed E-state index contributed by atoms with van der Waals surface area (Å²) in [6.07, 6.45) is 2.98. The molecular weight excluding hydrogens is 390 g/mol. The largest absolute Gasteiger partial charge is 0.368 e. The summed E-state index contributed by atoms with van der Waals surface area (Å²) in [5, 5.41) is 0.799. The number of aromatic nitrogens is 3. The van der Waals surface area contributed by atoms with E-state index in [4.69, 9.17) is 16.2 Å². The SMILES string of the molecule is Cc1nc(N)nc2c1cc(Br)c(=O)n2C1CCC(OCC(N)=O)CC1. The molecule has 2 aromatic rings. The minimum absolute atomic E-state index is 0.00497. The lowest BCUT2D eigenvalue weighted by molar-refractivity contribution is -0.125. The van der Waals surface area contributed by atoms with Gasteiger partial charge in [-0.05, 0) is 54.6 Å². The van der Waals surface area contributed by atoms with Gasteiger partial charge in [0.25, 0.3) is 5.56 Å². The van der Waals surface area contributed by atoms with Crippen LogP contribution in [-0.4, -0.2) is 33.2 Å². The number of nitrogen functional groups attached to an aromatic ring is 1. The summed E-state index contributed by atoms with van der Waals surface area (Å²) in [6.45, 7) is 1.77. The molecule has 0 aromatic carbocycles. The molecule has 0 bridgehead atoms. The molecule has 4 N–H and O–H groups in total. The molecule has 1 fully saturated rings. The van der Waals surface area contributed by atoms with Gasteiger partial charge < -0.3 is 16.2 Å². The van der Waals surface area contributed by atoms with Crippen molar-refractivity contribution in [2.75, 3.05) is 12.3 Å². The van der Waals surface area contributed by atoms with Crippen LogP contribution in [0.1, 0.15) is 37.4 Å². The Balaban J connectivity index is 1.93. The number of hydrogen-bond donors (Lipinski definition) is 2. The van der Waals surface area contributed by atoms with Gasteiger partial charge in [-0.1, -0.05) is 0 Å². The third-order valence-electron chi connectivity index (χ3n) is 4.53. The number of amides is 1. The Labute approximate surface area is 152 Å². The van der Waals surface area contributed by atoms with Gasteiger partial charge in [0.2, 0.25) is 11.9 Å². The fraction of sp³-hybridized carbons (Fsp3) is 0.500. The number of hydrogen-bond acceptors (Lipinski definition) is 6. The van der Waals surface area contributed by atoms with E-state index >= 15 is 0 Å². The summed E-state index contributed by atoms with van der Waals surface area (Å²) >= 11 is 3.34. The molecular formula is C16H20BrN5O3. The van der Waals surface area contributed by atoms with E-state index < -0.39 is 5.91 Å². The van der Waals surface area contributed by atoms with Gasteiger partial charge in [0.1, 0.15) is 12.3 Å². The number of nitrogens with two attached hydrogens (primary N) is 2. The van der Waals surface area contributed by atoms with Gasteiger partial charge in [-0.25, -0.2) is 4.98 Å². The maximum Gasteiger partial charge on any atom is 0.266 e. The van der Waals surface area contributed by atoms with Crippen molar-refractivity contribution in [3.8, 4) is 0 Å². The van der Waals surface area contributed by atoms with Gasteiger partial charge in [0.05, 0.1) is 16.3 Å². The molecule has 0 radical (unpaired) electrons. The molecule has 0 saturated heterocycles. The van der Waals surface area contributed by atoms with Crippen LogP contribution in [0.5, 0.6) is 0 Å². The lowest BCUT2D eigenvalue weighted by atomic mass is 9.92. The zero-order valence-corrected chi connectivity index (χ0v) is 15.5. The molecule has 9 heteroatoms. The summed E-state index contributed by atoms with van der Waals surface area (Å²) < 4.78 is 7.67. The summed E-state index contributed by atoms with van der Waals surface area (Å²) in [5.74, 6) is -0.321. The Kier molecular flexibility index (Phi) is 5.05. The molecule has 1 aliphatic carbocycles. The van der Waals surface area contributed by atoms with Crippen molar-refractivity contribution < 1.29 is 9.53 Å². The number of halogens is 1. The fourth-order valence-electron chi connectivity index (χ4n) is 3.35. The Morgan fingerprint density at radius 3 is 2.68 bits per heavy atom. The predicted molar refractivity (Wildman–Crippen MR) is 97.1 cm³/mol. The Morgan fingerprint density at radius 1 is 1.36 bits per heavy atom. The third-order valence-corrected chi connectivity index (χ3v) is 5.09. The molecule has 0 unspecified atom stereocenters. The van der Waals surface area contributed by atoms with Gasteiger partial charge in [0, 0.05) is 11.4 Å². The van der Waals surface area contributed by atoms with Crippen LogP contribution in [-0.2, 0) is 9.53 Å². The van der Waals surface area contributed by atoms with Crippen molar-refractivity contribution >= 4 is 38.8 Å². The number of pyridine rings is 1. The first-order valence-electron chi connectivity index (χ1n) is 8.11. The molecule has 0 atom stereocenters. The van der Waals surface area contributed by atoms with Crippen LogP contribution < -0.4 is 17.0 Å². The first-order valence-corrected chi connectivity index (χ1v) is 8.91. The number of nitrogens with zero attached hydrogens (tertiary/aromatic N) is 3. The van der Waals surface area contributed by atoms with Gasteiger partial charge in [-0.2, -0.15) is 4.98 Å². The van der Waals surface area contributed by atoms with Crippen molar-refractivity contribution in [3.05, 3.63) is 26.6 Å². The zero-order chi connectivity index (χ0) is 18.1. The van der Waals surface area contributed by atoms with E-state index in [2.05, 4.69) is 25.9 Å². The fourth-order valence-corrected chi connectivity index (χ4v) is 3.77. The molecule has 0 aliphatic heterocycles. The van der Waals surface area contributed by atoms with Gasteiger partial charge in [0.15, 0.2) is 0 Å². The minimum Gasteiger partial charge on any atom is -0.368 e. The summed E-state index contributed by atoms with van der Waals surface area (Å²) in [6, 6.07) is 1.74. The van der Waals surface area contributed by atoms with Crippen LogP contribution in [0.15, 0.2) is 15.3 Å². The Morgan fingerprint density at radius 2 is 2.04 bits per heavy atom. The number of rotatable bonds is 4. The number of fused-ring (bicyclic) bond motifs is 1. The number of ether oxygens (including phenoxy) is 1. The smallest absolute Gasteiger partial charge is 0.266 e.